The number of hydrogen-bond acceptors (Lipinski definition) is 6. The minimum absolute atomic E-state index is 0.206. The summed E-state index contributed by atoms with van der Waals surface area (Å²) in [6.07, 6.45) is 8.22. The largest absolute Gasteiger partial charge is 0.368 e. The van der Waals surface area contributed by atoms with Crippen LogP contribution in [0.3, 0.4) is 0 Å². The summed E-state index contributed by atoms with van der Waals surface area (Å²) in [5, 5.41) is 7.47. The summed E-state index contributed by atoms with van der Waals surface area (Å²) in [5.41, 5.74) is 5.75. The molecule has 20 heavy (non-hydrogen) atoms. The van der Waals surface area contributed by atoms with Crippen molar-refractivity contribution in [1.29, 1.82) is 0 Å². The van der Waals surface area contributed by atoms with Crippen LogP contribution in [0.2, 0.25) is 0 Å². The van der Waals surface area contributed by atoms with Gasteiger partial charge in [0.25, 0.3) is 5.95 Å². The molecule has 1 saturated carbocycles. The SMILES string of the molecule is CC1CCC(Nc2nc(N)nc(-n3cccn3)n2)CC1. The highest BCUT2D eigenvalue weighted by molar-refractivity contribution is 5.35. The Morgan fingerprint density at radius 3 is 2.70 bits per heavy atom. The molecule has 3 rings (SSSR count). The second kappa shape index (κ2) is 5.44. The summed E-state index contributed by atoms with van der Waals surface area (Å²) in [7, 11) is 0. The third-order valence-electron chi connectivity index (χ3n) is 3.70. The van der Waals surface area contributed by atoms with E-state index in [4.69, 9.17) is 5.73 Å². The Morgan fingerprint density at radius 2 is 2.00 bits per heavy atom. The molecule has 0 radical (unpaired) electrons. The third kappa shape index (κ3) is 2.87. The predicted octanol–water partition coefficient (Wildman–Crippen LogP) is 1.63. The van der Waals surface area contributed by atoms with E-state index >= 15 is 0 Å². The van der Waals surface area contributed by atoms with Crippen LogP contribution >= 0.6 is 0 Å². The maximum absolute atomic E-state index is 5.75. The first kappa shape index (κ1) is 12.8. The van der Waals surface area contributed by atoms with E-state index in [-0.39, 0.29) is 5.95 Å². The van der Waals surface area contributed by atoms with E-state index in [0.717, 1.165) is 18.8 Å². The Kier molecular flexibility index (Phi) is 3.49. The average molecular weight is 273 g/mol. The van der Waals surface area contributed by atoms with Crippen molar-refractivity contribution in [3.8, 4) is 5.95 Å². The highest BCUT2D eigenvalue weighted by atomic mass is 15.4. The molecular formula is C13H19N7. The minimum Gasteiger partial charge on any atom is -0.368 e. The van der Waals surface area contributed by atoms with Gasteiger partial charge >= 0.3 is 0 Å². The van der Waals surface area contributed by atoms with Crippen LogP contribution in [0.1, 0.15) is 32.6 Å². The lowest BCUT2D eigenvalue weighted by atomic mass is 9.87. The van der Waals surface area contributed by atoms with E-state index in [2.05, 4.69) is 32.3 Å². The van der Waals surface area contributed by atoms with Crippen molar-refractivity contribution in [2.45, 2.75) is 38.6 Å². The summed E-state index contributed by atoms with van der Waals surface area (Å²) in [6.45, 7) is 2.30. The summed E-state index contributed by atoms with van der Waals surface area (Å²) in [4.78, 5) is 12.6. The fourth-order valence-electron chi connectivity index (χ4n) is 2.52. The second-order valence-electron chi connectivity index (χ2n) is 5.37. The molecule has 0 aliphatic heterocycles. The van der Waals surface area contributed by atoms with E-state index in [1.54, 1.807) is 17.1 Å². The maximum Gasteiger partial charge on any atom is 0.257 e. The summed E-state index contributed by atoms with van der Waals surface area (Å²) < 4.78 is 1.58. The molecule has 1 aliphatic rings. The first-order valence-corrected chi connectivity index (χ1v) is 6.99. The topological polar surface area (TPSA) is 94.5 Å². The van der Waals surface area contributed by atoms with Crippen LogP contribution in [0.15, 0.2) is 18.5 Å². The van der Waals surface area contributed by atoms with Crippen molar-refractivity contribution >= 4 is 11.9 Å². The highest BCUT2D eigenvalue weighted by Crippen LogP contribution is 2.25. The molecule has 0 aromatic carbocycles. The van der Waals surface area contributed by atoms with Gasteiger partial charge in [0.15, 0.2) is 0 Å². The molecule has 0 amide bonds. The fraction of sp³-hybridized carbons (Fsp3) is 0.538. The quantitative estimate of drug-likeness (QED) is 0.882. The molecule has 0 spiro atoms. The molecular weight excluding hydrogens is 254 g/mol. The van der Waals surface area contributed by atoms with Crippen LogP contribution in [0.25, 0.3) is 5.95 Å². The van der Waals surface area contributed by atoms with Crippen molar-refractivity contribution in [1.82, 2.24) is 24.7 Å². The summed E-state index contributed by atoms with van der Waals surface area (Å²) in [5.74, 6) is 1.99. The first-order chi connectivity index (χ1) is 9.70. The van der Waals surface area contributed by atoms with Crippen LogP contribution < -0.4 is 11.1 Å². The van der Waals surface area contributed by atoms with Gasteiger partial charge in [-0.2, -0.15) is 20.1 Å². The lowest BCUT2D eigenvalue weighted by Crippen LogP contribution is -2.26. The number of anilines is 2. The van der Waals surface area contributed by atoms with E-state index in [1.807, 2.05) is 6.07 Å². The minimum atomic E-state index is 0.206. The average Bonchev–Trinajstić information content (AvgIpc) is 2.95. The van der Waals surface area contributed by atoms with Crippen LogP contribution in [0, 0.1) is 5.92 Å². The van der Waals surface area contributed by atoms with E-state index in [9.17, 15) is 0 Å². The van der Waals surface area contributed by atoms with Gasteiger partial charge in [-0.05, 0) is 37.7 Å². The molecule has 0 atom stereocenters. The molecule has 3 N–H and O–H groups in total. The zero-order chi connectivity index (χ0) is 13.9. The number of nitrogen functional groups attached to an aromatic ring is 1. The normalized spacial score (nSPS) is 22.6. The van der Waals surface area contributed by atoms with Gasteiger partial charge in [0.05, 0.1) is 0 Å². The van der Waals surface area contributed by atoms with E-state index in [0.29, 0.717) is 17.9 Å². The molecule has 1 aliphatic carbocycles. The molecule has 2 aromatic heterocycles. The Morgan fingerprint density at radius 1 is 1.20 bits per heavy atom. The van der Waals surface area contributed by atoms with Gasteiger partial charge in [-0.1, -0.05) is 6.92 Å². The first-order valence-electron chi connectivity index (χ1n) is 6.99. The monoisotopic (exact) mass is 273 g/mol. The molecule has 2 heterocycles. The molecule has 0 bridgehead atoms. The van der Waals surface area contributed by atoms with Crippen molar-refractivity contribution in [3.05, 3.63) is 18.5 Å². The molecule has 7 nitrogen and oxygen atoms in total. The molecule has 1 fully saturated rings. The van der Waals surface area contributed by atoms with Crippen molar-refractivity contribution < 1.29 is 0 Å². The summed E-state index contributed by atoms with van der Waals surface area (Å²) >= 11 is 0. The second-order valence-corrected chi connectivity index (χ2v) is 5.37. The number of nitrogens with two attached hydrogens (primary N) is 1. The zero-order valence-corrected chi connectivity index (χ0v) is 11.5. The van der Waals surface area contributed by atoms with Crippen molar-refractivity contribution in [2.75, 3.05) is 11.1 Å². The number of nitrogens with zero attached hydrogens (tertiary/aromatic N) is 5. The van der Waals surface area contributed by atoms with Gasteiger partial charge in [-0.3, -0.25) is 0 Å². The lowest BCUT2D eigenvalue weighted by Gasteiger charge is -2.26. The molecule has 2 aromatic rings. The van der Waals surface area contributed by atoms with Crippen molar-refractivity contribution in [3.63, 3.8) is 0 Å². The van der Waals surface area contributed by atoms with Gasteiger partial charge < -0.3 is 11.1 Å². The van der Waals surface area contributed by atoms with Crippen LogP contribution in [-0.4, -0.2) is 30.8 Å². The Labute approximate surface area is 117 Å². The standard InChI is InChI=1S/C13H19N7/c1-9-3-5-10(6-4-9)16-12-17-11(14)18-13(19-12)20-8-2-7-15-20/h2,7-10H,3-6H2,1H3,(H3,14,16,17,18,19). The Hall–Kier alpha value is -2.18. The van der Waals surface area contributed by atoms with Crippen LogP contribution in [0.4, 0.5) is 11.9 Å². The Bertz CT molecular complexity index is 558. The number of aromatic nitrogens is 5. The van der Waals surface area contributed by atoms with Gasteiger partial charge in [0.1, 0.15) is 0 Å². The van der Waals surface area contributed by atoms with Gasteiger partial charge in [-0.15, -0.1) is 0 Å². The molecule has 106 valence electrons. The summed E-state index contributed by atoms with van der Waals surface area (Å²) in [6, 6.07) is 2.23. The lowest BCUT2D eigenvalue weighted by molar-refractivity contribution is 0.360. The smallest absolute Gasteiger partial charge is 0.257 e. The number of hydrogen-bond donors (Lipinski definition) is 2. The molecule has 0 saturated heterocycles. The number of rotatable bonds is 3. The van der Waals surface area contributed by atoms with E-state index in [1.165, 1.54) is 12.8 Å². The maximum atomic E-state index is 5.75. The molecule has 7 heteroatoms. The van der Waals surface area contributed by atoms with E-state index < -0.39 is 0 Å². The van der Waals surface area contributed by atoms with Gasteiger partial charge in [-0.25, -0.2) is 4.68 Å². The Balaban J connectivity index is 1.76. The third-order valence-corrected chi connectivity index (χ3v) is 3.70. The highest BCUT2D eigenvalue weighted by Gasteiger charge is 2.19. The van der Waals surface area contributed by atoms with Crippen LogP contribution in [-0.2, 0) is 0 Å². The number of nitrogens with one attached hydrogen (secondary N) is 1. The van der Waals surface area contributed by atoms with Gasteiger partial charge in [0, 0.05) is 18.4 Å². The van der Waals surface area contributed by atoms with Gasteiger partial charge in [0.2, 0.25) is 11.9 Å². The predicted molar refractivity (Wildman–Crippen MR) is 76.4 cm³/mol. The zero-order valence-electron chi connectivity index (χ0n) is 11.5. The van der Waals surface area contributed by atoms with Crippen molar-refractivity contribution in [2.24, 2.45) is 5.92 Å². The fourth-order valence-corrected chi connectivity index (χ4v) is 2.52. The van der Waals surface area contributed by atoms with Crippen LogP contribution in [0.5, 0.6) is 0 Å². The molecule has 0 unspecified atom stereocenters.